The third-order valence-electron chi connectivity index (χ3n) is 7.35. The molecule has 0 saturated heterocycles. The van der Waals surface area contributed by atoms with Gasteiger partial charge in [-0.15, -0.1) is 0 Å². The van der Waals surface area contributed by atoms with Crippen molar-refractivity contribution in [2.24, 2.45) is 0 Å². The predicted molar refractivity (Wildman–Crippen MR) is 140 cm³/mol. The molecule has 1 fully saturated rings. The van der Waals surface area contributed by atoms with E-state index in [9.17, 15) is 14.8 Å². The summed E-state index contributed by atoms with van der Waals surface area (Å²) in [6.45, 7) is 5.65. The zero-order valence-corrected chi connectivity index (χ0v) is 21.2. The lowest BCUT2D eigenvalue weighted by Gasteiger charge is -2.18. The molecule has 1 saturated carbocycles. The molecule has 2 aliphatic rings. The second kappa shape index (κ2) is 8.57. The van der Waals surface area contributed by atoms with Gasteiger partial charge in [-0.05, 0) is 68.5 Å². The molecule has 0 bridgehead atoms. The summed E-state index contributed by atoms with van der Waals surface area (Å²) in [7, 11) is 0. The van der Waals surface area contributed by atoms with Crippen molar-refractivity contribution in [3.8, 4) is 11.8 Å². The van der Waals surface area contributed by atoms with Gasteiger partial charge in [0, 0.05) is 46.9 Å². The normalized spacial score (nSPS) is 16.4. The Bertz CT molecular complexity index is 1630. The van der Waals surface area contributed by atoms with Crippen LogP contribution in [-0.4, -0.2) is 14.5 Å². The van der Waals surface area contributed by atoms with Gasteiger partial charge in [-0.25, -0.2) is 9.37 Å². The number of fused-ring (bicyclic) bond motifs is 3. The van der Waals surface area contributed by atoms with Crippen LogP contribution in [0.5, 0.6) is 5.75 Å². The fourth-order valence-corrected chi connectivity index (χ4v) is 5.37. The van der Waals surface area contributed by atoms with Gasteiger partial charge in [0.1, 0.15) is 23.8 Å². The van der Waals surface area contributed by atoms with Gasteiger partial charge >= 0.3 is 0 Å². The van der Waals surface area contributed by atoms with Crippen molar-refractivity contribution in [3.63, 3.8) is 0 Å². The van der Waals surface area contributed by atoms with Gasteiger partial charge in [-0.3, -0.25) is 0 Å². The number of hydrogen-bond donors (Lipinski definition) is 1. The van der Waals surface area contributed by atoms with E-state index in [1.165, 1.54) is 12.1 Å². The standard InChI is InChI=1S/C31H28FN3O2/c1-18(16-33)28-23-10-6-19(13-21(23)17-37-27-15-22(32)9-11-24(27)28)14-26-29(20-7-8-20)34-30-25(31(2,3)36)5-4-12-35(26)30/h4-6,9-13,15,20,36H,7-8,14,17H2,1-3H3/b28-18+. The summed E-state index contributed by atoms with van der Waals surface area (Å²) >= 11 is 0. The fourth-order valence-electron chi connectivity index (χ4n) is 5.37. The molecule has 1 N–H and O–H groups in total. The zero-order valence-electron chi connectivity index (χ0n) is 21.2. The Morgan fingerprint density at radius 1 is 1.19 bits per heavy atom. The van der Waals surface area contributed by atoms with Crippen LogP contribution in [0.1, 0.15) is 78.7 Å². The molecule has 0 amide bonds. The highest BCUT2D eigenvalue weighted by molar-refractivity contribution is 5.88. The van der Waals surface area contributed by atoms with Crippen molar-refractivity contribution in [3.05, 3.63) is 105 Å². The summed E-state index contributed by atoms with van der Waals surface area (Å²) in [5.41, 5.74) is 7.90. The van der Waals surface area contributed by atoms with Gasteiger partial charge in [0.2, 0.25) is 0 Å². The molecule has 186 valence electrons. The van der Waals surface area contributed by atoms with E-state index in [1.54, 1.807) is 26.8 Å². The van der Waals surface area contributed by atoms with E-state index < -0.39 is 5.60 Å². The van der Waals surface area contributed by atoms with Gasteiger partial charge in [-0.1, -0.05) is 24.3 Å². The number of rotatable bonds is 4. The molecule has 6 heteroatoms. The topological polar surface area (TPSA) is 70.5 Å². The number of nitriles is 1. The van der Waals surface area contributed by atoms with Gasteiger partial charge in [0.05, 0.1) is 23.1 Å². The summed E-state index contributed by atoms with van der Waals surface area (Å²) in [6.07, 6.45) is 4.95. The second-order valence-electron chi connectivity index (χ2n) is 10.6. The first kappa shape index (κ1) is 23.4. The Morgan fingerprint density at radius 2 is 1.97 bits per heavy atom. The molecule has 1 aliphatic heterocycles. The molecule has 37 heavy (non-hydrogen) atoms. The lowest BCUT2D eigenvalue weighted by Crippen LogP contribution is -2.17. The molecular weight excluding hydrogens is 465 g/mol. The highest BCUT2D eigenvalue weighted by Crippen LogP contribution is 2.43. The van der Waals surface area contributed by atoms with Crippen molar-refractivity contribution in [1.82, 2.24) is 9.38 Å². The molecule has 6 rings (SSSR count). The van der Waals surface area contributed by atoms with Crippen LogP contribution in [0.25, 0.3) is 11.2 Å². The van der Waals surface area contributed by atoms with E-state index in [-0.39, 0.29) is 12.4 Å². The highest BCUT2D eigenvalue weighted by Gasteiger charge is 2.32. The van der Waals surface area contributed by atoms with Crippen LogP contribution < -0.4 is 4.74 Å². The number of aliphatic hydroxyl groups is 1. The summed E-state index contributed by atoms with van der Waals surface area (Å²) in [4.78, 5) is 5.02. The zero-order chi connectivity index (χ0) is 25.9. The average Bonchev–Trinajstić information content (AvgIpc) is 3.67. The molecule has 4 aromatic rings. The maximum Gasteiger partial charge on any atom is 0.143 e. The maximum atomic E-state index is 14.0. The number of ether oxygens (including phenoxy) is 1. The Hall–Kier alpha value is -3.95. The second-order valence-corrected chi connectivity index (χ2v) is 10.6. The fraction of sp³-hybridized carbons (Fsp3) is 0.290. The number of pyridine rings is 1. The van der Waals surface area contributed by atoms with Crippen LogP contribution in [0.2, 0.25) is 0 Å². The molecule has 5 nitrogen and oxygen atoms in total. The number of aromatic nitrogens is 2. The van der Waals surface area contributed by atoms with E-state index in [4.69, 9.17) is 9.72 Å². The Labute approximate surface area is 215 Å². The number of halogens is 1. The number of imidazole rings is 1. The van der Waals surface area contributed by atoms with Gasteiger partial charge < -0.3 is 14.2 Å². The molecule has 1 aliphatic carbocycles. The third-order valence-corrected chi connectivity index (χ3v) is 7.35. The summed E-state index contributed by atoms with van der Waals surface area (Å²) < 4.78 is 22.2. The molecule has 3 heterocycles. The van der Waals surface area contributed by atoms with Crippen LogP contribution in [0.4, 0.5) is 4.39 Å². The van der Waals surface area contributed by atoms with Crippen molar-refractivity contribution in [2.75, 3.05) is 0 Å². The minimum atomic E-state index is -0.997. The van der Waals surface area contributed by atoms with Crippen molar-refractivity contribution >= 4 is 11.2 Å². The summed E-state index contributed by atoms with van der Waals surface area (Å²) in [5.74, 6) is 0.523. The van der Waals surface area contributed by atoms with E-state index >= 15 is 0 Å². The van der Waals surface area contributed by atoms with Crippen LogP contribution in [0.3, 0.4) is 0 Å². The van der Waals surface area contributed by atoms with E-state index in [0.29, 0.717) is 23.7 Å². The quantitative estimate of drug-likeness (QED) is 0.334. The largest absolute Gasteiger partial charge is 0.488 e. The van der Waals surface area contributed by atoms with E-state index in [1.807, 2.05) is 24.4 Å². The Balaban J connectivity index is 1.45. The van der Waals surface area contributed by atoms with Crippen molar-refractivity contribution in [2.45, 2.75) is 58.2 Å². The number of allylic oxidation sites excluding steroid dienone is 1. The van der Waals surface area contributed by atoms with Gasteiger partial charge in [-0.2, -0.15) is 5.26 Å². The lowest BCUT2D eigenvalue weighted by molar-refractivity contribution is 0.0796. The monoisotopic (exact) mass is 493 g/mol. The molecule has 0 unspecified atom stereocenters. The molecular formula is C31H28FN3O2. The Morgan fingerprint density at radius 3 is 2.70 bits per heavy atom. The highest BCUT2D eigenvalue weighted by atomic mass is 19.1. The molecule has 0 radical (unpaired) electrons. The summed E-state index contributed by atoms with van der Waals surface area (Å²) in [5, 5.41) is 20.5. The van der Waals surface area contributed by atoms with Crippen molar-refractivity contribution in [1.29, 1.82) is 5.26 Å². The third kappa shape index (κ3) is 4.10. The molecule has 0 atom stereocenters. The predicted octanol–water partition coefficient (Wildman–Crippen LogP) is 6.41. The number of hydrogen-bond acceptors (Lipinski definition) is 4. The first-order valence-electron chi connectivity index (χ1n) is 12.6. The molecule has 0 spiro atoms. The SMILES string of the molecule is C/C(C#N)=C1/c2ccc(Cc3c(C4CC4)nc4c(C(C)(C)O)cccn34)cc2COc2cc(F)ccc21. The first-order chi connectivity index (χ1) is 17.7. The smallest absolute Gasteiger partial charge is 0.143 e. The van der Waals surface area contributed by atoms with E-state index in [2.05, 4.69) is 22.6 Å². The summed E-state index contributed by atoms with van der Waals surface area (Å²) in [6, 6.07) is 16.9. The number of benzene rings is 2. The molecule has 2 aromatic heterocycles. The minimum absolute atomic E-state index is 0.285. The van der Waals surface area contributed by atoms with Gasteiger partial charge in [0.15, 0.2) is 0 Å². The van der Waals surface area contributed by atoms with Gasteiger partial charge in [0.25, 0.3) is 0 Å². The molecule has 2 aromatic carbocycles. The van der Waals surface area contributed by atoms with E-state index in [0.717, 1.165) is 63.3 Å². The van der Waals surface area contributed by atoms with Crippen LogP contribution in [0, 0.1) is 17.1 Å². The minimum Gasteiger partial charge on any atom is -0.488 e. The van der Waals surface area contributed by atoms with Crippen LogP contribution in [-0.2, 0) is 18.6 Å². The van der Waals surface area contributed by atoms with Crippen LogP contribution >= 0.6 is 0 Å². The van der Waals surface area contributed by atoms with Crippen molar-refractivity contribution < 1.29 is 14.2 Å². The lowest BCUT2D eigenvalue weighted by atomic mass is 9.89. The number of nitrogens with zero attached hydrogens (tertiary/aromatic N) is 3. The average molecular weight is 494 g/mol. The van der Waals surface area contributed by atoms with Crippen LogP contribution in [0.15, 0.2) is 60.3 Å². The Kier molecular flexibility index (Phi) is 5.43. The first-order valence-corrected chi connectivity index (χ1v) is 12.6. The maximum absolute atomic E-state index is 14.0.